The van der Waals surface area contributed by atoms with Crippen molar-refractivity contribution in [3.05, 3.63) is 83.5 Å². The number of carbonyl (C=O) groups excluding carboxylic acids is 5. The first kappa shape index (κ1) is 80.5. The van der Waals surface area contributed by atoms with Crippen molar-refractivity contribution in [2.24, 2.45) is 35.5 Å². The number of methoxy groups -OCH3 is 3. The van der Waals surface area contributed by atoms with Gasteiger partial charge >= 0.3 is 5.97 Å². The van der Waals surface area contributed by atoms with Crippen molar-refractivity contribution in [2.75, 3.05) is 110 Å². The smallest absolute Gasteiger partial charge is 0.329 e. The molecule has 2 bridgehead atoms. The van der Waals surface area contributed by atoms with E-state index in [1.807, 2.05) is 82.3 Å². The highest BCUT2D eigenvalue weighted by molar-refractivity contribution is 7.80. The van der Waals surface area contributed by atoms with Crippen LogP contribution in [0.25, 0.3) is 0 Å². The predicted molar refractivity (Wildman–Crippen MR) is 386 cm³/mol. The van der Waals surface area contributed by atoms with Crippen molar-refractivity contribution in [3.8, 4) is 0 Å². The number of hydrogen-bond acceptors (Lipinski definition) is 23. The van der Waals surface area contributed by atoms with Crippen molar-refractivity contribution in [1.82, 2.24) is 40.0 Å². The van der Waals surface area contributed by atoms with Gasteiger partial charge in [-0.25, -0.2) is 24.7 Å². The number of esters is 1. The second-order valence-electron chi connectivity index (χ2n) is 29.0. The van der Waals surface area contributed by atoms with Gasteiger partial charge in [-0.2, -0.15) is 0 Å². The highest BCUT2D eigenvalue weighted by Gasteiger charge is 2.53. The number of thiocarbonyl (C=S) groups is 1. The molecule has 0 aromatic carbocycles. The standard InChI is InChI=1S/C75H114N10O15S/c1-48-17-13-12-14-18-50(3)62(94-9)41-58-22-20-55(8)75(93,100-58)69(90)70(91)85-25-16-15-19-59(85)71(92)98-63(42-60(86)51(4)38-54(7)67(89)68(96-11)66(88)53(6)37-48)52(5)39-56-21-23-61(64(40-56)95-10)99-74(101)80-47-57-45-78-73(79-46-57)84-32-30-82(31-33-84)65(87)24-35-97-36-34-81-26-28-83(29-27-81)72-76-43-49(2)44-77-72/h12-14,17-18,38,43-46,48,51-53,55-56,58-64,67-68,86,89,93H,15-16,19-37,39-42,47H2,1-11H3,(H,80,101)/b14-12+,17-13+,50-18+,54-38+/t48-,51-,52-,53-,55-,56+,58+,59+,60-,61-,62+,63+,64-,67-,68+,75-/m1/s1. The number of fused-ring (bicyclic) bond motifs is 3. The number of ketones is 2. The number of aliphatic hydroxyl groups is 3. The van der Waals surface area contributed by atoms with Crippen molar-refractivity contribution >= 4 is 58.6 Å². The lowest BCUT2D eigenvalue weighted by atomic mass is 9.78. The van der Waals surface area contributed by atoms with Gasteiger partial charge in [0.05, 0.1) is 44.1 Å². The van der Waals surface area contributed by atoms with E-state index in [1.54, 1.807) is 53.5 Å². The van der Waals surface area contributed by atoms with Crippen LogP contribution in [0.5, 0.6) is 0 Å². The number of cyclic esters (lactones) is 1. The molecule has 4 N–H and O–H groups in total. The highest BCUT2D eigenvalue weighted by Crippen LogP contribution is 2.39. The highest BCUT2D eigenvalue weighted by atomic mass is 32.1. The number of amides is 2. The summed E-state index contributed by atoms with van der Waals surface area (Å²) < 4.78 is 42.6. The van der Waals surface area contributed by atoms with Gasteiger partial charge in [-0.15, -0.1) is 0 Å². The molecule has 4 saturated heterocycles. The Balaban J connectivity index is 0.850. The normalized spacial score (nSPS) is 32.9. The van der Waals surface area contributed by atoms with Gasteiger partial charge in [0.15, 0.2) is 5.78 Å². The maximum Gasteiger partial charge on any atom is 0.329 e. The maximum absolute atomic E-state index is 14.8. The van der Waals surface area contributed by atoms with E-state index in [-0.39, 0.29) is 66.2 Å². The van der Waals surface area contributed by atoms with Gasteiger partial charge in [-0.3, -0.25) is 24.1 Å². The minimum Gasteiger partial charge on any atom is -0.465 e. The van der Waals surface area contributed by atoms with Crippen LogP contribution in [0.3, 0.4) is 0 Å². The number of rotatable bonds is 17. The Bertz CT molecular complexity index is 3140. The van der Waals surface area contributed by atoms with Crippen LogP contribution >= 0.6 is 12.2 Å². The Kier molecular flexibility index (Phi) is 31.1. The van der Waals surface area contributed by atoms with Crippen LogP contribution in [0.1, 0.15) is 143 Å². The number of piperidine rings is 1. The van der Waals surface area contributed by atoms with Gasteiger partial charge in [-0.05, 0) is 132 Å². The Labute approximate surface area is 603 Å². The zero-order chi connectivity index (χ0) is 72.9. The summed E-state index contributed by atoms with van der Waals surface area (Å²) in [6.45, 7) is 22.9. The van der Waals surface area contributed by atoms with Crippen LogP contribution in [0.15, 0.2) is 72.4 Å². The minimum absolute atomic E-state index is 0.00447. The number of hydrogen-bond donors (Lipinski definition) is 4. The topological polar surface area (TPSA) is 290 Å². The van der Waals surface area contributed by atoms with E-state index in [1.165, 1.54) is 12.0 Å². The lowest BCUT2D eigenvalue weighted by molar-refractivity contribution is -0.265. The van der Waals surface area contributed by atoms with E-state index in [9.17, 15) is 39.3 Å². The number of aromatic nitrogens is 4. The van der Waals surface area contributed by atoms with Crippen molar-refractivity contribution in [2.45, 2.75) is 206 Å². The molecule has 101 heavy (non-hydrogen) atoms. The van der Waals surface area contributed by atoms with E-state index >= 15 is 0 Å². The number of Topliss-reactive ketones (excluding diaryl/α,β-unsaturated/α-hetero) is 2. The summed E-state index contributed by atoms with van der Waals surface area (Å²) >= 11 is 5.72. The summed E-state index contributed by atoms with van der Waals surface area (Å²) in [4.78, 5) is 98.9. The van der Waals surface area contributed by atoms with Crippen LogP contribution in [0.4, 0.5) is 11.9 Å². The molecule has 0 spiro atoms. The summed E-state index contributed by atoms with van der Waals surface area (Å²) in [7, 11) is 4.62. The molecule has 25 nitrogen and oxygen atoms in total. The van der Waals surface area contributed by atoms with Gasteiger partial charge in [-0.1, -0.05) is 71.1 Å². The first-order valence-corrected chi connectivity index (χ1v) is 37.1. The molecule has 1 aliphatic carbocycles. The number of nitrogens with zero attached hydrogens (tertiary/aromatic N) is 9. The molecule has 5 fully saturated rings. The number of allylic oxidation sites excluding steroid dienone is 5. The number of carbonyl (C=O) groups is 5. The molecule has 26 heteroatoms. The molecule has 560 valence electrons. The number of aryl methyl sites for hydroxylation is 1. The fourth-order valence-corrected chi connectivity index (χ4v) is 15.0. The number of ether oxygens (including phenoxy) is 7. The fraction of sp³-hybridized carbons (Fsp3) is 0.707. The first-order chi connectivity index (χ1) is 48.4. The summed E-state index contributed by atoms with van der Waals surface area (Å²) in [5.41, 5.74) is 3.14. The van der Waals surface area contributed by atoms with Crippen LogP contribution in [-0.4, -0.2) is 245 Å². The molecular formula is C75H114N10O15S. The largest absolute Gasteiger partial charge is 0.465 e. The van der Waals surface area contributed by atoms with Crippen molar-refractivity contribution in [1.29, 1.82) is 0 Å². The second kappa shape index (κ2) is 39.1. The first-order valence-electron chi connectivity index (χ1n) is 36.7. The summed E-state index contributed by atoms with van der Waals surface area (Å²) in [6.07, 6.45) is 18.1. The summed E-state index contributed by atoms with van der Waals surface area (Å²) in [5.74, 6) is -6.24. The monoisotopic (exact) mass is 1430 g/mol. The average molecular weight is 1430 g/mol. The Morgan fingerprint density at radius 1 is 0.752 bits per heavy atom. The third kappa shape index (κ3) is 22.7. The lowest BCUT2D eigenvalue weighted by Gasteiger charge is -2.43. The average Bonchev–Trinajstić information content (AvgIpc) is 0.773. The molecule has 0 unspecified atom stereocenters. The number of nitrogens with one attached hydrogen (secondary N) is 1. The fourth-order valence-electron chi connectivity index (χ4n) is 14.8. The SMILES string of the molecule is CO[C@H]1C[C@@H]2CC[C@@H](C)[C@@](O)(O2)C(=O)C(=O)N2CCCC[C@H]2C(=O)O[C@H]([C@H](C)C[C@@H]2CC[C@@H](OC(=S)NCc3cnc(N4CCN(C(=O)CCOCCN5CCN(c6ncc(C)cn6)CC5)CC4)nc3)[C@H](OC)C2)C[C@@H](O)[C@H](C)/C=C(\C)[C@@H](O)[C@@H](OC)C(=O)[C@H](C)C[C@H](C)/C=C/C=C/C=C/1C. The van der Waals surface area contributed by atoms with E-state index in [2.05, 4.69) is 40.0 Å². The molecule has 7 heterocycles. The summed E-state index contributed by atoms with van der Waals surface area (Å²) in [5, 5.41) is 39.4. The zero-order valence-corrected chi connectivity index (χ0v) is 62.3. The number of anilines is 2. The zero-order valence-electron chi connectivity index (χ0n) is 61.5. The maximum atomic E-state index is 14.8. The van der Waals surface area contributed by atoms with Crippen LogP contribution in [-0.2, 0) is 63.7 Å². The quantitative estimate of drug-likeness (QED) is 0.0414. The molecule has 0 radical (unpaired) electrons. The second-order valence-corrected chi connectivity index (χ2v) is 29.4. The van der Waals surface area contributed by atoms with Crippen molar-refractivity contribution < 1.29 is 72.5 Å². The molecule has 5 aliphatic heterocycles. The van der Waals surface area contributed by atoms with Gasteiger partial charge in [0.2, 0.25) is 23.6 Å². The Hall–Kier alpha value is -6.20. The van der Waals surface area contributed by atoms with Gasteiger partial charge in [0.25, 0.3) is 16.9 Å². The number of aliphatic hydroxyl groups excluding tert-OH is 2. The summed E-state index contributed by atoms with van der Waals surface area (Å²) in [6, 6.07) is -1.16. The van der Waals surface area contributed by atoms with E-state index in [0.29, 0.717) is 122 Å². The van der Waals surface area contributed by atoms with Gasteiger partial charge in [0.1, 0.15) is 30.5 Å². The minimum atomic E-state index is -2.46. The predicted octanol–water partition coefficient (Wildman–Crippen LogP) is 6.84. The van der Waals surface area contributed by atoms with Crippen LogP contribution in [0, 0.1) is 42.4 Å². The molecule has 1 saturated carbocycles. The molecule has 2 aromatic heterocycles. The van der Waals surface area contributed by atoms with E-state index < -0.39 is 83.9 Å². The Morgan fingerprint density at radius 3 is 2.11 bits per heavy atom. The van der Waals surface area contributed by atoms with E-state index in [0.717, 1.165) is 61.8 Å². The number of piperazine rings is 2. The van der Waals surface area contributed by atoms with Gasteiger partial charge in [0, 0.05) is 154 Å². The van der Waals surface area contributed by atoms with Crippen LogP contribution < -0.4 is 15.1 Å². The third-order valence-corrected chi connectivity index (χ3v) is 21.6. The molecule has 16 atom stereocenters. The third-order valence-electron chi connectivity index (χ3n) is 21.4. The van der Waals surface area contributed by atoms with Crippen molar-refractivity contribution in [3.63, 3.8) is 0 Å². The van der Waals surface area contributed by atoms with Crippen LogP contribution in [0.2, 0.25) is 0 Å². The molecule has 2 amide bonds. The lowest BCUT2D eigenvalue weighted by Crippen LogP contribution is -2.61. The molecule has 2 aromatic rings. The molecular weight excluding hydrogens is 1310 g/mol. The van der Waals surface area contributed by atoms with E-state index in [4.69, 9.17) is 45.4 Å². The molecule has 8 rings (SSSR count). The Morgan fingerprint density at radius 2 is 1.44 bits per heavy atom. The van der Waals surface area contributed by atoms with Gasteiger partial charge < -0.3 is 73.4 Å². The molecule has 6 aliphatic rings.